The highest BCUT2D eigenvalue weighted by molar-refractivity contribution is 7.13. The highest BCUT2D eigenvalue weighted by atomic mass is 32.1. The van der Waals surface area contributed by atoms with Gasteiger partial charge in [0.2, 0.25) is 0 Å². The molecule has 0 amide bonds. The van der Waals surface area contributed by atoms with Crippen molar-refractivity contribution in [3.05, 3.63) is 53.9 Å². The van der Waals surface area contributed by atoms with Crippen molar-refractivity contribution in [3.8, 4) is 0 Å². The van der Waals surface area contributed by atoms with Gasteiger partial charge in [0.15, 0.2) is 0 Å². The Balaban J connectivity index is 1.99. The second-order valence-corrected chi connectivity index (χ2v) is 6.04. The zero-order chi connectivity index (χ0) is 17.2. The van der Waals surface area contributed by atoms with Crippen LogP contribution in [0.25, 0.3) is 10.1 Å². The Morgan fingerprint density at radius 2 is 1.96 bits per heavy atom. The summed E-state index contributed by atoms with van der Waals surface area (Å²) in [5.41, 5.74) is 5.54. The van der Waals surface area contributed by atoms with E-state index in [9.17, 15) is 13.2 Å². The second-order valence-electron chi connectivity index (χ2n) is 5.24. The smallest absolute Gasteiger partial charge is 0.361 e. The van der Waals surface area contributed by atoms with Crippen molar-refractivity contribution in [1.82, 2.24) is 9.36 Å². The second kappa shape index (κ2) is 6.74. The van der Waals surface area contributed by atoms with E-state index in [4.69, 9.17) is 5.73 Å². The summed E-state index contributed by atoms with van der Waals surface area (Å²) in [6.07, 6.45) is -2.70. The molecule has 4 nitrogen and oxygen atoms in total. The molecule has 0 saturated heterocycles. The standard InChI is InChI=1S/C16H15F3N4S/c17-16(18,19)11-5-3-9-21-15(11)22-12(7-8-20)14-10-4-1-2-6-13(10)24-23-14/h1-6,9,12H,7-8,20H2,(H,21,22). The zero-order valence-corrected chi connectivity index (χ0v) is 13.4. The van der Waals surface area contributed by atoms with E-state index in [-0.39, 0.29) is 5.82 Å². The monoisotopic (exact) mass is 352 g/mol. The summed E-state index contributed by atoms with van der Waals surface area (Å²) in [6.45, 7) is 0.317. The number of aromatic nitrogens is 2. The molecular formula is C16H15F3N4S. The molecule has 126 valence electrons. The van der Waals surface area contributed by atoms with Crippen LogP contribution in [0.3, 0.4) is 0 Å². The van der Waals surface area contributed by atoms with Crippen LogP contribution in [0, 0.1) is 0 Å². The van der Waals surface area contributed by atoms with Gasteiger partial charge in [0.05, 0.1) is 22.0 Å². The summed E-state index contributed by atoms with van der Waals surface area (Å²) in [7, 11) is 0. The van der Waals surface area contributed by atoms with Gasteiger partial charge in [-0.05, 0) is 42.7 Å². The van der Waals surface area contributed by atoms with Gasteiger partial charge in [0.25, 0.3) is 0 Å². The van der Waals surface area contributed by atoms with Crippen LogP contribution in [0.15, 0.2) is 42.6 Å². The Bertz CT molecular complexity index is 831. The van der Waals surface area contributed by atoms with Gasteiger partial charge < -0.3 is 11.1 Å². The molecule has 24 heavy (non-hydrogen) atoms. The first-order valence-electron chi connectivity index (χ1n) is 7.34. The number of hydrogen-bond acceptors (Lipinski definition) is 5. The van der Waals surface area contributed by atoms with Crippen molar-refractivity contribution >= 4 is 27.4 Å². The number of nitrogens with two attached hydrogens (primary N) is 1. The topological polar surface area (TPSA) is 63.8 Å². The average Bonchev–Trinajstić information content (AvgIpc) is 2.98. The van der Waals surface area contributed by atoms with E-state index in [1.54, 1.807) is 0 Å². The van der Waals surface area contributed by atoms with Crippen LogP contribution >= 0.6 is 11.5 Å². The highest BCUT2D eigenvalue weighted by Crippen LogP contribution is 2.36. The molecule has 3 aromatic rings. The fourth-order valence-electron chi connectivity index (χ4n) is 2.51. The molecular weight excluding hydrogens is 337 g/mol. The molecule has 8 heteroatoms. The van der Waals surface area contributed by atoms with Crippen molar-refractivity contribution in [2.75, 3.05) is 11.9 Å². The van der Waals surface area contributed by atoms with Crippen molar-refractivity contribution in [2.45, 2.75) is 18.6 Å². The Labute approximate surface area is 140 Å². The lowest BCUT2D eigenvalue weighted by molar-refractivity contribution is -0.137. The van der Waals surface area contributed by atoms with Crippen LogP contribution in [0.5, 0.6) is 0 Å². The molecule has 0 spiro atoms. The molecule has 0 aliphatic rings. The van der Waals surface area contributed by atoms with E-state index in [0.29, 0.717) is 18.7 Å². The molecule has 2 heterocycles. The Kier molecular flexibility index (Phi) is 4.68. The number of rotatable bonds is 5. The van der Waals surface area contributed by atoms with E-state index in [0.717, 1.165) is 16.2 Å². The third-order valence-corrected chi connectivity index (χ3v) is 4.46. The summed E-state index contributed by atoms with van der Waals surface area (Å²) in [6, 6.07) is 9.44. The van der Waals surface area contributed by atoms with E-state index in [2.05, 4.69) is 14.7 Å². The number of fused-ring (bicyclic) bond motifs is 1. The maximum atomic E-state index is 13.2. The van der Waals surface area contributed by atoms with Crippen LogP contribution < -0.4 is 11.1 Å². The Hall–Kier alpha value is -2.19. The van der Waals surface area contributed by atoms with Crippen LogP contribution in [0.2, 0.25) is 0 Å². The number of nitrogens with one attached hydrogen (secondary N) is 1. The summed E-state index contributed by atoms with van der Waals surface area (Å²) in [5.74, 6) is -0.208. The first-order chi connectivity index (χ1) is 11.5. The average molecular weight is 352 g/mol. The first kappa shape index (κ1) is 16.7. The van der Waals surface area contributed by atoms with Gasteiger partial charge in [-0.1, -0.05) is 18.2 Å². The summed E-state index contributed by atoms with van der Waals surface area (Å²) < 4.78 is 44.9. The van der Waals surface area contributed by atoms with Gasteiger partial charge in [-0.15, -0.1) is 0 Å². The molecule has 1 atom stereocenters. The van der Waals surface area contributed by atoms with Crippen LogP contribution in [0.1, 0.15) is 23.7 Å². The Morgan fingerprint density at radius 1 is 1.17 bits per heavy atom. The summed E-state index contributed by atoms with van der Waals surface area (Å²) >= 11 is 1.31. The molecule has 1 aromatic carbocycles. The molecule has 2 aromatic heterocycles. The third-order valence-electron chi connectivity index (χ3n) is 3.61. The minimum Gasteiger partial charge on any atom is -0.361 e. The largest absolute Gasteiger partial charge is 0.419 e. The number of nitrogens with zero attached hydrogens (tertiary/aromatic N) is 2. The van der Waals surface area contributed by atoms with Gasteiger partial charge in [0, 0.05) is 11.6 Å². The van der Waals surface area contributed by atoms with E-state index >= 15 is 0 Å². The zero-order valence-electron chi connectivity index (χ0n) is 12.5. The minimum absolute atomic E-state index is 0.208. The van der Waals surface area contributed by atoms with Gasteiger partial charge in [0.1, 0.15) is 5.82 Å². The van der Waals surface area contributed by atoms with E-state index in [1.807, 2.05) is 24.3 Å². The number of anilines is 1. The quantitative estimate of drug-likeness (QED) is 0.722. The SMILES string of the molecule is NCCC(Nc1ncccc1C(F)(F)F)c1nsc2ccccc12. The fourth-order valence-corrected chi connectivity index (χ4v) is 3.35. The predicted molar refractivity (Wildman–Crippen MR) is 88.9 cm³/mol. The van der Waals surface area contributed by atoms with Crippen LogP contribution in [-0.2, 0) is 6.18 Å². The molecule has 3 rings (SSSR count). The fraction of sp³-hybridized carbons (Fsp3) is 0.250. The molecule has 3 N–H and O–H groups in total. The lowest BCUT2D eigenvalue weighted by Crippen LogP contribution is -2.19. The van der Waals surface area contributed by atoms with Crippen molar-refractivity contribution in [1.29, 1.82) is 0 Å². The Morgan fingerprint density at radius 3 is 2.71 bits per heavy atom. The van der Waals surface area contributed by atoms with E-state index in [1.165, 1.54) is 23.8 Å². The molecule has 0 fully saturated rings. The molecule has 0 radical (unpaired) electrons. The van der Waals surface area contributed by atoms with Crippen LogP contribution in [-0.4, -0.2) is 15.9 Å². The molecule has 0 aliphatic carbocycles. The first-order valence-corrected chi connectivity index (χ1v) is 8.11. The van der Waals surface area contributed by atoms with E-state index < -0.39 is 17.8 Å². The molecule has 0 aliphatic heterocycles. The number of benzene rings is 1. The maximum Gasteiger partial charge on any atom is 0.419 e. The van der Waals surface area contributed by atoms with Gasteiger partial charge in [-0.2, -0.15) is 17.5 Å². The maximum absolute atomic E-state index is 13.2. The minimum atomic E-state index is -4.48. The third kappa shape index (κ3) is 3.34. The van der Waals surface area contributed by atoms with Gasteiger partial charge >= 0.3 is 6.18 Å². The summed E-state index contributed by atoms with van der Waals surface area (Å²) in [5, 5.41) is 3.80. The van der Waals surface area contributed by atoms with Crippen molar-refractivity contribution in [3.63, 3.8) is 0 Å². The van der Waals surface area contributed by atoms with Gasteiger partial charge in [-0.3, -0.25) is 0 Å². The number of halogens is 3. The highest BCUT2D eigenvalue weighted by Gasteiger charge is 2.35. The van der Waals surface area contributed by atoms with Crippen molar-refractivity contribution < 1.29 is 13.2 Å². The lowest BCUT2D eigenvalue weighted by Gasteiger charge is -2.20. The molecule has 0 saturated carbocycles. The summed E-state index contributed by atoms with van der Waals surface area (Å²) in [4.78, 5) is 3.86. The number of pyridine rings is 1. The molecule has 0 bridgehead atoms. The number of alkyl halides is 3. The predicted octanol–water partition coefficient (Wildman–Crippen LogP) is 4.21. The van der Waals surface area contributed by atoms with Crippen LogP contribution in [0.4, 0.5) is 19.0 Å². The molecule has 1 unspecified atom stereocenters. The lowest BCUT2D eigenvalue weighted by atomic mass is 10.1. The number of hydrogen-bond donors (Lipinski definition) is 2. The normalized spacial score (nSPS) is 13.2. The van der Waals surface area contributed by atoms with Crippen molar-refractivity contribution in [2.24, 2.45) is 5.73 Å². The van der Waals surface area contributed by atoms with Gasteiger partial charge in [-0.25, -0.2) is 4.98 Å².